The second-order valence-corrected chi connectivity index (χ2v) is 5.23. The average Bonchev–Trinajstić information content (AvgIpc) is 2.24. The van der Waals surface area contributed by atoms with Crippen molar-refractivity contribution in [2.75, 3.05) is 6.61 Å². The molecule has 3 atom stereocenters. The minimum Gasteiger partial charge on any atom is -0.463 e. The summed E-state index contributed by atoms with van der Waals surface area (Å²) in [6, 6.07) is 0. The molecule has 98 valence electrons. The molecule has 0 spiro atoms. The van der Waals surface area contributed by atoms with Crippen molar-refractivity contribution in [1.29, 1.82) is 0 Å². The van der Waals surface area contributed by atoms with Crippen LogP contribution in [0.15, 0.2) is 11.6 Å². The highest BCUT2D eigenvalue weighted by Crippen LogP contribution is 2.37. The van der Waals surface area contributed by atoms with Gasteiger partial charge in [-0.2, -0.15) is 0 Å². The van der Waals surface area contributed by atoms with E-state index in [9.17, 15) is 9.90 Å². The molecule has 1 rings (SSSR count). The second-order valence-electron chi connectivity index (χ2n) is 5.23. The van der Waals surface area contributed by atoms with Gasteiger partial charge in [-0.05, 0) is 43.1 Å². The molecule has 0 aromatic heterocycles. The number of esters is 1. The van der Waals surface area contributed by atoms with Crippen LogP contribution in [0.3, 0.4) is 0 Å². The third kappa shape index (κ3) is 3.56. The maximum atomic E-state index is 11.5. The van der Waals surface area contributed by atoms with E-state index < -0.39 is 6.10 Å². The number of carbonyl (C=O) groups excluding carboxylic acids is 1. The Labute approximate surface area is 104 Å². The van der Waals surface area contributed by atoms with Gasteiger partial charge in [-0.3, -0.25) is 0 Å². The lowest BCUT2D eigenvalue weighted by atomic mass is 9.72. The predicted molar refractivity (Wildman–Crippen MR) is 67.4 cm³/mol. The van der Waals surface area contributed by atoms with Crippen LogP contribution in [0, 0.1) is 17.8 Å². The summed E-state index contributed by atoms with van der Waals surface area (Å²) in [6.45, 7) is 8.46. The first-order valence-corrected chi connectivity index (χ1v) is 6.53. The van der Waals surface area contributed by atoms with E-state index in [1.165, 1.54) is 6.08 Å². The molecule has 1 saturated carbocycles. The van der Waals surface area contributed by atoms with E-state index in [4.69, 9.17) is 4.74 Å². The third-order valence-electron chi connectivity index (χ3n) is 3.68. The molecule has 1 aliphatic rings. The fraction of sp³-hybridized carbons (Fsp3) is 0.786. The van der Waals surface area contributed by atoms with Gasteiger partial charge in [0.1, 0.15) is 0 Å². The van der Waals surface area contributed by atoms with Crippen LogP contribution in [0.2, 0.25) is 0 Å². The monoisotopic (exact) mass is 240 g/mol. The first-order chi connectivity index (χ1) is 7.97. The summed E-state index contributed by atoms with van der Waals surface area (Å²) >= 11 is 0. The Hall–Kier alpha value is -0.830. The minimum atomic E-state index is -0.497. The van der Waals surface area contributed by atoms with Gasteiger partial charge in [0.25, 0.3) is 0 Å². The molecule has 0 aromatic rings. The number of hydrogen-bond donors (Lipinski definition) is 1. The number of aliphatic hydroxyl groups is 1. The molecule has 1 fully saturated rings. The summed E-state index contributed by atoms with van der Waals surface area (Å²) in [7, 11) is 0. The van der Waals surface area contributed by atoms with Gasteiger partial charge in [0.05, 0.1) is 12.7 Å². The number of carbonyl (C=O) groups is 1. The molecule has 3 heteroatoms. The third-order valence-corrected chi connectivity index (χ3v) is 3.68. The van der Waals surface area contributed by atoms with E-state index in [0.717, 1.165) is 18.4 Å². The van der Waals surface area contributed by atoms with Gasteiger partial charge in [-0.25, -0.2) is 4.79 Å². The van der Waals surface area contributed by atoms with Crippen LogP contribution in [0.5, 0.6) is 0 Å². The number of aliphatic hydroxyl groups excluding tert-OH is 1. The Balaban J connectivity index is 2.83. The fourth-order valence-corrected chi connectivity index (χ4v) is 2.55. The maximum absolute atomic E-state index is 11.5. The largest absolute Gasteiger partial charge is 0.463 e. The first-order valence-electron chi connectivity index (χ1n) is 6.53. The molecule has 3 nitrogen and oxygen atoms in total. The van der Waals surface area contributed by atoms with Gasteiger partial charge in [-0.15, -0.1) is 0 Å². The molecule has 1 aliphatic carbocycles. The Kier molecular flexibility index (Phi) is 5.19. The van der Waals surface area contributed by atoms with E-state index in [-0.39, 0.29) is 17.8 Å². The Morgan fingerprint density at radius 1 is 1.53 bits per heavy atom. The van der Waals surface area contributed by atoms with Gasteiger partial charge >= 0.3 is 5.97 Å². The van der Waals surface area contributed by atoms with E-state index in [0.29, 0.717) is 12.5 Å². The van der Waals surface area contributed by atoms with Gasteiger partial charge in [-0.1, -0.05) is 20.8 Å². The Bertz CT molecular complexity index is 294. The first kappa shape index (κ1) is 14.2. The average molecular weight is 240 g/mol. The van der Waals surface area contributed by atoms with Gasteiger partial charge in [0.15, 0.2) is 0 Å². The molecule has 0 aliphatic heterocycles. The SMILES string of the molecule is CCOC(=O)/C=C1\[C@H](C)CC[C@@H](C(C)C)[C@@H]1O. The Morgan fingerprint density at radius 3 is 2.71 bits per heavy atom. The van der Waals surface area contributed by atoms with Crippen LogP contribution >= 0.6 is 0 Å². The highest BCUT2D eigenvalue weighted by atomic mass is 16.5. The lowest BCUT2D eigenvalue weighted by molar-refractivity contribution is -0.137. The van der Waals surface area contributed by atoms with Crippen LogP contribution < -0.4 is 0 Å². The number of ether oxygens (including phenoxy) is 1. The smallest absolute Gasteiger partial charge is 0.330 e. The van der Waals surface area contributed by atoms with Crippen LogP contribution in [0.4, 0.5) is 0 Å². The summed E-state index contributed by atoms with van der Waals surface area (Å²) < 4.78 is 4.91. The van der Waals surface area contributed by atoms with Crippen molar-refractivity contribution in [3.05, 3.63) is 11.6 Å². The summed E-state index contributed by atoms with van der Waals surface area (Å²) in [5, 5.41) is 10.3. The molecule has 0 aromatic carbocycles. The number of rotatable bonds is 3. The molecule has 17 heavy (non-hydrogen) atoms. The van der Waals surface area contributed by atoms with E-state index in [1.807, 2.05) is 0 Å². The molecule has 0 saturated heterocycles. The minimum absolute atomic E-state index is 0.256. The van der Waals surface area contributed by atoms with E-state index in [2.05, 4.69) is 20.8 Å². The van der Waals surface area contributed by atoms with Crippen LogP contribution in [0.1, 0.15) is 40.5 Å². The maximum Gasteiger partial charge on any atom is 0.330 e. The quantitative estimate of drug-likeness (QED) is 0.609. The molecule has 0 amide bonds. The van der Waals surface area contributed by atoms with Crippen molar-refractivity contribution in [3.8, 4) is 0 Å². The van der Waals surface area contributed by atoms with Crippen molar-refractivity contribution in [2.24, 2.45) is 17.8 Å². The lowest BCUT2D eigenvalue weighted by Crippen LogP contribution is -2.34. The summed E-state index contributed by atoms with van der Waals surface area (Å²) in [6.07, 6.45) is 3.06. The van der Waals surface area contributed by atoms with Crippen molar-refractivity contribution >= 4 is 5.97 Å². The zero-order chi connectivity index (χ0) is 13.0. The number of hydrogen-bond acceptors (Lipinski definition) is 3. The lowest BCUT2D eigenvalue weighted by Gasteiger charge is -2.36. The molecule has 1 N–H and O–H groups in total. The zero-order valence-electron chi connectivity index (χ0n) is 11.3. The highest BCUT2D eigenvalue weighted by molar-refractivity contribution is 5.83. The van der Waals surface area contributed by atoms with Crippen molar-refractivity contribution in [2.45, 2.75) is 46.6 Å². The van der Waals surface area contributed by atoms with Crippen molar-refractivity contribution in [1.82, 2.24) is 0 Å². The summed E-state index contributed by atoms with van der Waals surface area (Å²) in [5.41, 5.74) is 0.841. The molecule has 0 heterocycles. The van der Waals surface area contributed by atoms with Gasteiger partial charge in [0.2, 0.25) is 0 Å². The standard InChI is InChI=1S/C14H24O3/c1-5-17-13(15)8-12-10(4)6-7-11(9(2)3)14(12)16/h8-11,14,16H,5-7H2,1-4H3/b12-8+/t10-,11+,14+/m1/s1. The zero-order valence-corrected chi connectivity index (χ0v) is 11.3. The van der Waals surface area contributed by atoms with Crippen LogP contribution in [-0.2, 0) is 9.53 Å². The Morgan fingerprint density at radius 2 is 2.18 bits per heavy atom. The van der Waals surface area contributed by atoms with E-state index in [1.54, 1.807) is 6.92 Å². The summed E-state index contributed by atoms with van der Waals surface area (Å²) in [5.74, 6) is 0.622. The van der Waals surface area contributed by atoms with Crippen LogP contribution in [-0.4, -0.2) is 23.8 Å². The van der Waals surface area contributed by atoms with Gasteiger partial charge in [0, 0.05) is 6.08 Å². The predicted octanol–water partition coefficient (Wildman–Crippen LogP) is 2.54. The topological polar surface area (TPSA) is 46.5 Å². The normalized spacial score (nSPS) is 31.9. The second kappa shape index (κ2) is 6.20. The fourth-order valence-electron chi connectivity index (χ4n) is 2.55. The molecular formula is C14H24O3. The van der Waals surface area contributed by atoms with Crippen LogP contribution in [0.25, 0.3) is 0 Å². The molecular weight excluding hydrogens is 216 g/mol. The molecule has 0 bridgehead atoms. The highest BCUT2D eigenvalue weighted by Gasteiger charge is 2.33. The van der Waals surface area contributed by atoms with Crippen molar-refractivity contribution < 1.29 is 14.6 Å². The van der Waals surface area contributed by atoms with Gasteiger partial charge < -0.3 is 9.84 Å². The molecule has 0 unspecified atom stereocenters. The summed E-state index contributed by atoms with van der Waals surface area (Å²) in [4.78, 5) is 11.5. The molecule has 0 radical (unpaired) electrons. The van der Waals surface area contributed by atoms with Crippen molar-refractivity contribution in [3.63, 3.8) is 0 Å². The van der Waals surface area contributed by atoms with E-state index >= 15 is 0 Å².